The average molecular weight is 236 g/mol. The summed E-state index contributed by atoms with van der Waals surface area (Å²) < 4.78 is 10.0. The third-order valence-corrected chi connectivity index (χ3v) is 2.72. The van der Waals surface area contributed by atoms with Gasteiger partial charge in [0.2, 0.25) is 0 Å². The Bertz CT molecular complexity index is 420. The van der Waals surface area contributed by atoms with Crippen molar-refractivity contribution in [3.05, 3.63) is 23.8 Å². The SMILES string of the molecule is COc1ccc(CN2CCCOC2=O)cc1N. The molecule has 1 saturated heterocycles. The molecule has 2 rings (SSSR count). The second kappa shape index (κ2) is 4.95. The van der Waals surface area contributed by atoms with E-state index < -0.39 is 0 Å². The second-order valence-corrected chi connectivity index (χ2v) is 3.97. The standard InChI is InChI=1S/C12H16N2O3/c1-16-11-4-3-9(7-10(11)13)8-14-5-2-6-17-12(14)15/h3-4,7H,2,5-6,8,13H2,1H3. The highest BCUT2D eigenvalue weighted by Gasteiger charge is 2.19. The molecule has 0 atom stereocenters. The number of nitrogen functional groups attached to an aromatic ring is 1. The Kier molecular flexibility index (Phi) is 3.37. The predicted molar refractivity (Wildman–Crippen MR) is 63.8 cm³/mol. The molecule has 1 heterocycles. The number of anilines is 1. The molecule has 1 fully saturated rings. The zero-order chi connectivity index (χ0) is 12.3. The lowest BCUT2D eigenvalue weighted by Crippen LogP contribution is -2.37. The summed E-state index contributed by atoms with van der Waals surface area (Å²) >= 11 is 0. The number of carbonyl (C=O) groups is 1. The summed E-state index contributed by atoms with van der Waals surface area (Å²) in [7, 11) is 1.58. The summed E-state index contributed by atoms with van der Waals surface area (Å²) in [4.78, 5) is 13.1. The number of cyclic esters (lactones) is 1. The molecule has 0 aromatic heterocycles. The molecule has 0 bridgehead atoms. The smallest absolute Gasteiger partial charge is 0.410 e. The number of amides is 1. The van der Waals surface area contributed by atoms with E-state index in [0.29, 0.717) is 24.6 Å². The first-order valence-electron chi connectivity index (χ1n) is 5.55. The highest BCUT2D eigenvalue weighted by Crippen LogP contribution is 2.23. The Morgan fingerprint density at radius 3 is 3.00 bits per heavy atom. The molecule has 17 heavy (non-hydrogen) atoms. The minimum atomic E-state index is -0.259. The fraction of sp³-hybridized carbons (Fsp3) is 0.417. The number of hydrogen-bond donors (Lipinski definition) is 1. The number of hydrogen-bond acceptors (Lipinski definition) is 4. The quantitative estimate of drug-likeness (QED) is 0.810. The predicted octanol–water partition coefficient (Wildman–Crippen LogP) is 1.62. The average Bonchev–Trinajstić information content (AvgIpc) is 2.32. The van der Waals surface area contributed by atoms with Gasteiger partial charge in [0.25, 0.3) is 0 Å². The maximum Gasteiger partial charge on any atom is 0.410 e. The number of nitrogens with two attached hydrogens (primary N) is 1. The Hall–Kier alpha value is -1.91. The lowest BCUT2D eigenvalue weighted by molar-refractivity contribution is 0.0700. The molecule has 1 aliphatic rings. The van der Waals surface area contributed by atoms with E-state index in [9.17, 15) is 4.79 Å². The van der Waals surface area contributed by atoms with Crippen LogP contribution in [0.15, 0.2) is 18.2 Å². The summed E-state index contributed by atoms with van der Waals surface area (Å²) in [5.74, 6) is 0.648. The molecule has 5 heteroatoms. The summed E-state index contributed by atoms with van der Waals surface area (Å²) in [6, 6.07) is 5.53. The fourth-order valence-corrected chi connectivity index (χ4v) is 1.84. The van der Waals surface area contributed by atoms with Crippen molar-refractivity contribution >= 4 is 11.8 Å². The molecule has 92 valence electrons. The molecule has 0 aliphatic carbocycles. The normalized spacial score (nSPS) is 15.6. The molecule has 0 unspecified atom stereocenters. The van der Waals surface area contributed by atoms with Crippen molar-refractivity contribution in [2.45, 2.75) is 13.0 Å². The van der Waals surface area contributed by atoms with Crippen LogP contribution >= 0.6 is 0 Å². The van der Waals surface area contributed by atoms with E-state index in [1.807, 2.05) is 12.1 Å². The maximum atomic E-state index is 11.5. The topological polar surface area (TPSA) is 64.8 Å². The number of carbonyl (C=O) groups excluding carboxylic acids is 1. The van der Waals surface area contributed by atoms with Gasteiger partial charge in [-0.3, -0.25) is 0 Å². The molecular weight excluding hydrogens is 220 g/mol. The third kappa shape index (κ3) is 2.61. The molecule has 1 aromatic rings. The van der Waals surface area contributed by atoms with E-state index in [-0.39, 0.29) is 6.09 Å². The number of methoxy groups -OCH3 is 1. The van der Waals surface area contributed by atoms with E-state index in [2.05, 4.69) is 0 Å². The van der Waals surface area contributed by atoms with Gasteiger partial charge in [0.1, 0.15) is 5.75 Å². The van der Waals surface area contributed by atoms with Gasteiger partial charge in [-0.1, -0.05) is 6.07 Å². The Morgan fingerprint density at radius 1 is 1.53 bits per heavy atom. The van der Waals surface area contributed by atoms with Crippen LogP contribution in [0.4, 0.5) is 10.5 Å². The van der Waals surface area contributed by atoms with Crippen LogP contribution in [0.5, 0.6) is 5.75 Å². The van der Waals surface area contributed by atoms with Crippen LogP contribution in [0.3, 0.4) is 0 Å². The Labute approximate surface area is 100 Å². The first-order valence-corrected chi connectivity index (χ1v) is 5.55. The summed E-state index contributed by atoms with van der Waals surface area (Å²) in [5, 5.41) is 0. The highest BCUT2D eigenvalue weighted by molar-refractivity contribution is 5.68. The van der Waals surface area contributed by atoms with E-state index in [1.165, 1.54) is 0 Å². The number of nitrogens with zero attached hydrogens (tertiary/aromatic N) is 1. The molecule has 0 radical (unpaired) electrons. The van der Waals surface area contributed by atoms with E-state index >= 15 is 0 Å². The summed E-state index contributed by atoms with van der Waals surface area (Å²) in [6.45, 7) is 1.76. The zero-order valence-electron chi connectivity index (χ0n) is 9.81. The van der Waals surface area contributed by atoms with Crippen molar-refractivity contribution in [1.29, 1.82) is 0 Å². The van der Waals surface area contributed by atoms with Gasteiger partial charge in [-0.15, -0.1) is 0 Å². The molecule has 5 nitrogen and oxygen atoms in total. The van der Waals surface area contributed by atoms with E-state index in [1.54, 1.807) is 18.1 Å². The van der Waals surface area contributed by atoms with Gasteiger partial charge < -0.3 is 20.1 Å². The Morgan fingerprint density at radius 2 is 2.35 bits per heavy atom. The fourth-order valence-electron chi connectivity index (χ4n) is 1.84. The van der Waals surface area contributed by atoms with Crippen molar-refractivity contribution in [3.8, 4) is 5.75 Å². The number of ether oxygens (including phenoxy) is 2. The summed E-state index contributed by atoms with van der Waals surface area (Å²) in [5.41, 5.74) is 7.37. The van der Waals surface area contributed by atoms with Gasteiger partial charge in [-0.2, -0.15) is 0 Å². The van der Waals surface area contributed by atoms with Crippen molar-refractivity contribution in [2.24, 2.45) is 0 Å². The van der Waals surface area contributed by atoms with E-state index in [0.717, 1.165) is 18.5 Å². The highest BCUT2D eigenvalue weighted by atomic mass is 16.6. The minimum Gasteiger partial charge on any atom is -0.495 e. The minimum absolute atomic E-state index is 0.259. The monoisotopic (exact) mass is 236 g/mol. The van der Waals surface area contributed by atoms with Crippen LogP contribution in [0, 0.1) is 0 Å². The number of benzene rings is 1. The first kappa shape index (κ1) is 11.6. The van der Waals surface area contributed by atoms with Crippen LogP contribution in [-0.4, -0.2) is 31.3 Å². The van der Waals surface area contributed by atoms with Crippen molar-refractivity contribution in [1.82, 2.24) is 4.90 Å². The van der Waals surface area contributed by atoms with Crippen molar-refractivity contribution < 1.29 is 14.3 Å². The third-order valence-electron chi connectivity index (χ3n) is 2.72. The van der Waals surface area contributed by atoms with E-state index in [4.69, 9.17) is 15.2 Å². The number of rotatable bonds is 3. The van der Waals surface area contributed by atoms with Gasteiger partial charge in [0.05, 0.1) is 19.4 Å². The van der Waals surface area contributed by atoms with Crippen LogP contribution < -0.4 is 10.5 Å². The largest absolute Gasteiger partial charge is 0.495 e. The van der Waals surface area contributed by atoms with Crippen LogP contribution in [0.25, 0.3) is 0 Å². The van der Waals surface area contributed by atoms with Gasteiger partial charge in [-0.25, -0.2) is 4.79 Å². The van der Waals surface area contributed by atoms with Gasteiger partial charge in [0.15, 0.2) is 0 Å². The molecule has 1 amide bonds. The second-order valence-electron chi connectivity index (χ2n) is 3.97. The van der Waals surface area contributed by atoms with Crippen molar-refractivity contribution in [3.63, 3.8) is 0 Å². The van der Waals surface area contributed by atoms with Gasteiger partial charge >= 0.3 is 6.09 Å². The van der Waals surface area contributed by atoms with Crippen LogP contribution in [0.2, 0.25) is 0 Å². The van der Waals surface area contributed by atoms with Gasteiger partial charge in [-0.05, 0) is 24.1 Å². The van der Waals surface area contributed by atoms with Crippen LogP contribution in [-0.2, 0) is 11.3 Å². The van der Waals surface area contributed by atoms with Gasteiger partial charge in [0, 0.05) is 13.1 Å². The Balaban J connectivity index is 2.07. The maximum absolute atomic E-state index is 11.5. The lowest BCUT2D eigenvalue weighted by atomic mass is 10.1. The molecule has 2 N–H and O–H groups in total. The molecule has 1 aliphatic heterocycles. The lowest BCUT2D eigenvalue weighted by Gasteiger charge is -2.26. The van der Waals surface area contributed by atoms with Crippen LogP contribution in [0.1, 0.15) is 12.0 Å². The molecule has 1 aromatic carbocycles. The first-order chi connectivity index (χ1) is 8.20. The molecule has 0 spiro atoms. The zero-order valence-corrected chi connectivity index (χ0v) is 9.81. The van der Waals surface area contributed by atoms with Crippen molar-refractivity contribution in [2.75, 3.05) is 26.0 Å². The molecule has 0 saturated carbocycles. The summed E-state index contributed by atoms with van der Waals surface area (Å²) in [6.07, 6.45) is 0.614. The molecular formula is C12H16N2O3.